The molecule has 3 atom stereocenters. The topological polar surface area (TPSA) is 58.2 Å². The molecule has 0 radical (unpaired) electrons. The highest BCUT2D eigenvalue weighted by molar-refractivity contribution is 8.13. The van der Waals surface area contributed by atoms with Crippen LogP contribution in [0.25, 0.3) is 0 Å². The Morgan fingerprint density at radius 1 is 1.47 bits per heavy atom. The second kappa shape index (κ2) is 6.00. The van der Waals surface area contributed by atoms with Gasteiger partial charge in [-0.3, -0.25) is 4.79 Å². The summed E-state index contributed by atoms with van der Waals surface area (Å²) >= 11 is 3.25. The van der Waals surface area contributed by atoms with Gasteiger partial charge in [0.25, 0.3) is 0 Å². The number of hydrogen-bond acceptors (Lipinski definition) is 4. The first-order valence-electron chi connectivity index (χ1n) is 5.96. The molecule has 0 saturated carbocycles. The summed E-state index contributed by atoms with van der Waals surface area (Å²) in [4.78, 5) is 22.3. The van der Waals surface area contributed by atoms with E-state index >= 15 is 0 Å². The minimum absolute atomic E-state index is 0.0251. The number of hydrogen-bond donors (Lipinski definition) is 2. The van der Waals surface area contributed by atoms with E-state index in [1.54, 1.807) is 0 Å². The third-order valence-corrected chi connectivity index (χ3v) is 5.45. The number of fused-ring (bicyclic) bond motifs is 1. The Bertz CT molecular complexity index is 312. The van der Waals surface area contributed by atoms with Crippen LogP contribution in [0, 0.1) is 0 Å². The number of carbonyl (C=O) groups is 2. The first-order chi connectivity index (χ1) is 8.20. The van der Waals surface area contributed by atoms with Crippen LogP contribution >= 0.6 is 23.5 Å². The summed E-state index contributed by atoms with van der Waals surface area (Å²) in [5.41, 5.74) is 0. The van der Waals surface area contributed by atoms with Gasteiger partial charge in [0.1, 0.15) is 0 Å². The smallest absolute Gasteiger partial charge is 0.315 e. The van der Waals surface area contributed by atoms with Crippen molar-refractivity contribution in [3.05, 3.63) is 0 Å². The lowest BCUT2D eigenvalue weighted by Gasteiger charge is -2.16. The van der Waals surface area contributed by atoms with Crippen molar-refractivity contribution in [3.8, 4) is 0 Å². The maximum atomic E-state index is 11.2. The zero-order valence-electron chi connectivity index (χ0n) is 9.90. The molecule has 0 spiro atoms. The Kier molecular flexibility index (Phi) is 4.62. The Hall–Kier alpha value is -0.360. The fourth-order valence-corrected chi connectivity index (χ4v) is 4.25. The summed E-state index contributed by atoms with van der Waals surface area (Å²) in [7, 11) is 0. The molecule has 0 aliphatic carbocycles. The summed E-state index contributed by atoms with van der Waals surface area (Å²) in [6.45, 7) is 0. The lowest BCUT2D eigenvalue weighted by molar-refractivity contribution is -0.111. The maximum absolute atomic E-state index is 11.2. The van der Waals surface area contributed by atoms with Crippen molar-refractivity contribution in [2.24, 2.45) is 0 Å². The van der Waals surface area contributed by atoms with Crippen molar-refractivity contribution < 1.29 is 9.59 Å². The lowest BCUT2D eigenvalue weighted by atomic mass is 10.0. The van der Waals surface area contributed by atoms with E-state index in [0.717, 1.165) is 25.0 Å². The molecule has 17 heavy (non-hydrogen) atoms. The molecule has 2 saturated heterocycles. The molecule has 2 amide bonds. The molecule has 4 nitrogen and oxygen atoms in total. The molecule has 0 unspecified atom stereocenters. The van der Waals surface area contributed by atoms with Gasteiger partial charge in [0.2, 0.25) is 0 Å². The van der Waals surface area contributed by atoms with Crippen LogP contribution in [-0.2, 0) is 4.79 Å². The second-order valence-electron chi connectivity index (χ2n) is 4.44. The van der Waals surface area contributed by atoms with Crippen molar-refractivity contribution in [1.82, 2.24) is 10.6 Å². The summed E-state index contributed by atoms with van der Waals surface area (Å²) < 4.78 is 0. The highest BCUT2D eigenvalue weighted by atomic mass is 32.2. The Balaban J connectivity index is 1.66. The predicted molar refractivity (Wildman–Crippen MR) is 72.5 cm³/mol. The first kappa shape index (κ1) is 13.1. The van der Waals surface area contributed by atoms with E-state index in [1.165, 1.54) is 11.8 Å². The minimum atomic E-state index is -0.0251. The van der Waals surface area contributed by atoms with Crippen LogP contribution in [0.15, 0.2) is 0 Å². The summed E-state index contributed by atoms with van der Waals surface area (Å²) in [5, 5.41) is 6.71. The molecule has 2 N–H and O–H groups in total. The molecule has 0 aromatic carbocycles. The minimum Gasteiger partial charge on any atom is -0.332 e. The standard InChI is InChI=1S/C11H18N2O2S2/c1-16-9(14)5-3-2-4-8-10-7(6-17-8)12-11(15)13-10/h7-8,10H,2-6H2,1H3,(H2,12,13,15)/t7-,8-,10-/m0/s1. The van der Waals surface area contributed by atoms with Crippen molar-refractivity contribution in [2.45, 2.75) is 43.0 Å². The number of carbonyl (C=O) groups excluding carboxylic acids is 2. The van der Waals surface area contributed by atoms with Crippen molar-refractivity contribution in [3.63, 3.8) is 0 Å². The quantitative estimate of drug-likeness (QED) is 0.590. The summed E-state index contributed by atoms with van der Waals surface area (Å²) in [6.07, 6.45) is 5.64. The Labute approximate surface area is 110 Å². The Morgan fingerprint density at radius 2 is 2.29 bits per heavy atom. The van der Waals surface area contributed by atoms with Crippen LogP contribution in [0.2, 0.25) is 0 Å². The van der Waals surface area contributed by atoms with Gasteiger partial charge in [-0.2, -0.15) is 11.8 Å². The zero-order chi connectivity index (χ0) is 12.3. The molecule has 0 aromatic rings. The average molecular weight is 274 g/mol. The number of unbranched alkanes of at least 4 members (excludes halogenated alkanes) is 1. The number of rotatable bonds is 5. The molecule has 2 aliphatic rings. The van der Waals surface area contributed by atoms with Crippen LogP contribution in [0.1, 0.15) is 25.7 Å². The van der Waals surface area contributed by atoms with Gasteiger partial charge in [0, 0.05) is 17.4 Å². The molecule has 2 heterocycles. The van der Waals surface area contributed by atoms with Crippen LogP contribution < -0.4 is 10.6 Å². The van der Waals surface area contributed by atoms with Gasteiger partial charge in [-0.05, 0) is 19.1 Å². The number of urea groups is 1. The van der Waals surface area contributed by atoms with Crippen LogP contribution in [-0.4, -0.2) is 40.5 Å². The SMILES string of the molecule is CSC(=O)CCCC[C@@H]1SC[C@@H]2NC(=O)N[C@@H]21. The molecule has 6 heteroatoms. The lowest BCUT2D eigenvalue weighted by Crippen LogP contribution is -2.36. The largest absolute Gasteiger partial charge is 0.332 e. The number of amides is 2. The maximum Gasteiger partial charge on any atom is 0.315 e. The first-order valence-corrected chi connectivity index (χ1v) is 8.23. The van der Waals surface area contributed by atoms with E-state index in [2.05, 4.69) is 10.6 Å². The van der Waals surface area contributed by atoms with Crippen molar-refractivity contribution in [2.75, 3.05) is 12.0 Å². The third kappa shape index (κ3) is 3.31. The highest BCUT2D eigenvalue weighted by Gasteiger charge is 2.42. The summed E-state index contributed by atoms with van der Waals surface area (Å²) in [5.74, 6) is 1.01. The monoisotopic (exact) mass is 274 g/mol. The number of thioether (sulfide) groups is 2. The molecular formula is C11H18N2O2S2. The second-order valence-corrected chi connectivity index (χ2v) is 6.58. The molecular weight excluding hydrogens is 256 g/mol. The van der Waals surface area contributed by atoms with E-state index in [0.29, 0.717) is 23.8 Å². The molecule has 2 rings (SSSR count). The van der Waals surface area contributed by atoms with Gasteiger partial charge in [-0.15, -0.1) is 0 Å². The fraction of sp³-hybridized carbons (Fsp3) is 0.818. The summed E-state index contributed by atoms with van der Waals surface area (Å²) in [6, 6.07) is 0.581. The van der Waals surface area contributed by atoms with Gasteiger partial charge in [0.05, 0.1) is 12.1 Å². The van der Waals surface area contributed by atoms with Crippen LogP contribution in [0.4, 0.5) is 4.79 Å². The highest BCUT2D eigenvalue weighted by Crippen LogP contribution is 2.33. The van der Waals surface area contributed by atoms with Gasteiger partial charge >= 0.3 is 6.03 Å². The average Bonchev–Trinajstić information content (AvgIpc) is 2.84. The molecule has 2 fully saturated rings. The van der Waals surface area contributed by atoms with Gasteiger partial charge < -0.3 is 10.6 Å². The van der Waals surface area contributed by atoms with E-state index in [4.69, 9.17) is 0 Å². The van der Waals surface area contributed by atoms with Gasteiger partial charge in [-0.25, -0.2) is 4.79 Å². The normalized spacial score (nSPS) is 30.9. The predicted octanol–water partition coefficient (Wildman–Crippen LogP) is 1.60. The van der Waals surface area contributed by atoms with E-state index in [9.17, 15) is 9.59 Å². The number of nitrogens with one attached hydrogen (secondary N) is 2. The fourth-order valence-electron chi connectivity index (χ4n) is 2.36. The zero-order valence-corrected chi connectivity index (χ0v) is 11.5. The van der Waals surface area contributed by atoms with Crippen molar-refractivity contribution >= 4 is 34.7 Å². The van der Waals surface area contributed by atoms with Gasteiger partial charge in [0.15, 0.2) is 5.12 Å². The van der Waals surface area contributed by atoms with Crippen molar-refractivity contribution in [1.29, 1.82) is 0 Å². The van der Waals surface area contributed by atoms with E-state index in [1.807, 2.05) is 18.0 Å². The van der Waals surface area contributed by atoms with E-state index < -0.39 is 0 Å². The van der Waals surface area contributed by atoms with Crippen LogP contribution in [0.3, 0.4) is 0 Å². The van der Waals surface area contributed by atoms with Gasteiger partial charge in [-0.1, -0.05) is 18.2 Å². The molecule has 0 aromatic heterocycles. The molecule has 2 aliphatic heterocycles. The molecule has 96 valence electrons. The Morgan fingerprint density at radius 3 is 3.06 bits per heavy atom. The third-order valence-electron chi connectivity index (χ3n) is 3.29. The van der Waals surface area contributed by atoms with E-state index in [-0.39, 0.29) is 11.1 Å². The molecule has 0 bridgehead atoms. The van der Waals surface area contributed by atoms with Crippen LogP contribution in [0.5, 0.6) is 0 Å².